The molecule has 0 aliphatic carbocycles. The van der Waals surface area contributed by atoms with Gasteiger partial charge in [0.25, 0.3) is 0 Å². The number of carboxylic acid groups (broad SMARTS) is 1. The number of aromatic nitrogens is 3. The number of nitrogens with zero attached hydrogens (tertiary/aromatic N) is 3. The SMILES string of the molecule is COc1cc(COc2nn(-c3ccccc3)cc2CC(=O)O)ccc1OCc1nc(-c2ccccc2)oc1C. The Morgan fingerprint density at radius 2 is 1.69 bits per heavy atom. The lowest BCUT2D eigenvalue weighted by Gasteiger charge is -2.12. The molecule has 5 aromatic rings. The first kappa shape index (κ1) is 25.6. The summed E-state index contributed by atoms with van der Waals surface area (Å²) in [5.74, 6) is 1.60. The van der Waals surface area contributed by atoms with Crippen molar-refractivity contribution < 1.29 is 28.5 Å². The molecule has 9 heteroatoms. The number of hydrogen-bond donors (Lipinski definition) is 1. The maximum atomic E-state index is 11.4. The van der Waals surface area contributed by atoms with Crippen LogP contribution in [-0.4, -0.2) is 33.0 Å². The van der Waals surface area contributed by atoms with E-state index in [2.05, 4.69) is 10.1 Å². The Hall–Kier alpha value is -5.05. The van der Waals surface area contributed by atoms with E-state index in [1.165, 1.54) is 0 Å². The number of ether oxygens (including phenoxy) is 3. The average molecular weight is 526 g/mol. The molecule has 0 fully saturated rings. The normalized spacial score (nSPS) is 10.8. The molecule has 39 heavy (non-hydrogen) atoms. The number of aryl methyl sites for hydroxylation is 1. The molecule has 3 aromatic carbocycles. The molecule has 2 heterocycles. The summed E-state index contributed by atoms with van der Waals surface area (Å²) >= 11 is 0. The molecule has 0 bridgehead atoms. The van der Waals surface area contributed by atoms with Crippen molar-refractivity contribution in [3.05, 3.63) is 108 Å². The average Bonchev–Trinajstić information content (AvgIpc) is 3.54. The van der Waals surface area contributed by atoms with Gasteiger partial charge >= 0.3 is 5.97 Å². The van der Waals surface area contributed by atoms with Crippen molar-refractivity contribution in [1.82, 2.24) is 14.8 Å². The highest BCUT2D eigenvalue weighted by atomic mass is 16.5. The van der Waals surface area contributed by atoms with Crippen molar-refractivity contribution >= 4 is 5.97 Å². The van der Waals surface area contributed by atoms with Crippen molar-refractivity contribution in [3.63, 3.8) is 0 Å². The summed E-state index contributed by atoms with van der Waals surface area (Å²) in [5, 5.41) is 13.8. The molecule has 0 aliphatic rings. The summed E-state index contributed by atoms with van der Waals surface area (Å²) < 4.78 is 24.9. The standard InChI is InChI=1S/C30H27N3O6/c1-20-25(31-29(39-20)22-9-5-3-6-10-22)19-37-26-14-13-21(15-27(26)36-2)18-38-30-23(16-28(34)35)17-33(32-30)24-11-7-4-8-12-24/h3-15,17H,16,18-19H2,1-2H3,(H,34,35). The van der Waals surface area contributed by atoms with Gasteiger partial charge in [0.15, 0.2) is 11.5 Å². The van der Waals surface area contributed by atoms with Gasteiger partial charge in [0.05, 0.1) is 19.2 Å². The van der Waals surface area contributed by atoms with Gasteiger partial charge in [-0.2, -0.15) is 0 Å². The van der Waals surface area contributed by atoms with Crippen LogP contribution in [0.25, 0.3) is 17.1 Å². The number of carbonyl (C=O) groups is 1. The van der Waals surface area contributed by atoms with Gasteiger partial charge in [-0.1, -0.05) is 42.5 Å². The van der Waals surface area contributed by atoms with Crippen LogP contribution in [-0.2, 0) is 24.4 Å². The summed E-state index contributed by atoms with van der Waals surface area (Å²) in [6.45, 7) is 2.23. The van der Waals surface area contributed by atoms with Crippen LogP contribution < -0.4 is 14.2 Å². The van der Waals surface area contributed by atoms with Crippen LogP contribution in [0.3, 0.4) is 0 Å². The van der Waals surface area contributed by atoms with E-state index in [9.17, 15) is 9.90 Å². The Morgan fingerprint density at radius 3 is 2.41 bits per heavy atom. The molecule has 0 atom stereocenters. The fraction of sp³-hybridized carbons (Fsp3) is 0.167. The monoisotopic (exact) mass is 525 g/mol. The summed E-state index contributed by atoms with van der Waals surface area (Å²) in [4.78, 5) is 16.0. The van der Waals surface area contributed by atoms with Gasteiger partial charge in [0, 0.05) is 17.3 Å². The van der Waals surface area contributed by atoms with Crippen LogP contribution in [0.15, 0.2) is 89.5 Å². The van der Waals surface area contributed by atoms with Crippen LogP contribution in [0.5, 0.6) is 17.4 Å². The highest BCUT2D eigenvalue weighted by Gasteiger charge is 2.16. The molecule has 0 radical (unpaired) electrons. The second-order valence-electron chi connectivity index (χ2n) is 8.76. The number of rotatable bonds is 11. The number of benzene rings is 3. The third-order valence-electron chi connectivity index (χ3n) is 6.00. The second kappa shape index (κ2) is 11.6. The van der Waals surface area contributed by atoms with Gasteiger partial charge in [-0.25, -0.2) is 9.67 Å². The summed E-state index contributed by atoms with van der Waals surface area (Å²) in [5.41, 5.74) is 3.69. The third kappa shape index (κ3) is 6.10. The molecule has 1 N–H and O–H groups in total. The van der Waals surface area contributed by atoms with E-state index in [1.807, 2.05) is 79.7 Å². The highest BCUT2D eigenvalue weighted by molar-refractivity contribution is 5.71. The maximum absolute atomic E-state index is 11.4. The molecule has 0 aliphatic heterocycles. The predicted octanol–water partition coefficient (Wildman–Crippen LogP) is 5.63. The van der Waals surface area contributed by atoms with E-state index in [0.717, 1.165) is 16.8 Å². The molecule has 198 valence electrons. The van der Waals surface area contributed by atoms with Crippen molar-refractivity contribution in [2.75, 3.05) is 7.11 Å². The zero-order chi connectivity index (χ0) is 27.2. The quantitative estimate of drug-likeness (QED) is 0.236. The molecule has 0 saturated heterocycles. The zero-order valence-electron chi connectivity index (χ0n) is 21.5. The molecule has 9 nitrogen and oxygen atoms in total. The van der Waals surface area contributed by atoms with Crippen molar-refractivity contribution in [2.24, 2.45) is 0 Å². The number of hydrogen-bond acceptors (Lipinski definition) is 7. The molecular weight excluding hydrogens is 498 g/mol. The van der Waals surface area contributed by atoms with Crippen LogP contribution in [0, 0.1) is 6.92 Å². The minimum absolute atomic E-state index is 0.165. The molecule has 5 rings (SSSR count). The van der Waals surface area contributed by atoms with Gasteiger partial charge in [-0.05, 0) is 48.9 Å². The summed E-state index contributed by atoms with van der Waals surface area (Å²) in [6, 6.07) is 24.6. The Kier molecular flexibility index (Phi) is 7.58. The Labute approximate surface area is 225 Å². The Balaban J connectivity index is 1.27. The van der Waals surface area contributed by atoms with E-state index in [1.54, 1.807) is 24.1 Å². The number of methoxy groups -OCH3 is 1. The van der Waals surface area contributed by atoms with Gasteiger partial charge in [0.1, 0.15) is 24.7 Å². The fourth-order valence-electron chi connectivity index (χ4n) is 4.00. The lowest BCUT2D eigenvalue weighted by molar-refractivity contribution is -0.136. The van der Waals surface area contributed by atoms with E-state index in [0.29, 0.717) is 34.4 Å². The van der Waals surface area contributed by atoms with Crippen LogP contribution in [0.4, 0.5) is 0 Å². The third-order valence-corrected chi connectivity index (χ3v) is 6.00. The first-order chi connectivity index (χ1) is 19.0. The van der Waals surface area contributed by atoms with Crippen molar-refractivity contribution in [2.45, 2.75) is 26.6 Å². The van der Waals surface area contributed by atoms with E-state index < -0.39 is 5.97 Å². The number of para-hydroxylation sites is 1. The molecule has 2 aromatic heterocycles. The largest absolute Gasteiger partial charge is 0.493 e. The second-order valence-corrected chi connectivity index (χ2v) is 8.76. The fourth-order valence-corrected chi connectivity index (χ4v) is 4.00. The summed E-state index contributed by atoms with van der Waals surface area (Å²) in [7, 11) is 1.56. The maximum Gasteiger partial charge on any atom is 0.308 e. The molecule has 0 amide bonds. The van der Waals surface area contributed by atoms with Gasteiger partial charge in [-0.3, -0.25) is 4.79 Å². The zero-order valence-corrected chi connectivity index (χ0v) is 21.5. The lowest BCUT2D eigenvalue weighted by Crippen LogP contribution is -2.04. The summed E-state index contributed by atoms with van der Waals surface area (Å²) in [6.07, 6.45) is 1.47. The van der Waals surface area contributed by atoms with E-state index >= 15 is 0 Å². The Morgan fingerprint density at radius 1 is 0.949 bits per heavy atom. The predicted molar refractivity (Wildman–Crippen MR) is 143 cm³/mol. The first-order valence-electron chi connectivity index (χ1n) is 12.3. The van der Waals surface area contributed by atoms with Gasteiger partial charge in [-0.15, -0.1) is 5.10 Å². The van der Waals surface area contributed by atoms with Gasteiger partial charge < -0.3 is 23.7 Å². The lowest BCUT2D eigenvalue weighted by atomic mass is 10.2. The van der Waals surface area contributed by atoms with Crippen molar-refractivity contribution in [3.8, 4) is 34.5 Å². The van der Waals surface area contributed by atoms with Crippen LogP contribution >= 0.6 is 0 Å². The van der Waals surface area contributed by atoms with Crippen LogP contribution in [0.2, 0.25) is 0 Å². The minimum atomic E-state index is -0.964. The molecule has 0 unspecified atom stereocenters. The Bertz CT molecular complexity index is 1560. The number of aliphatic carboxylic acids is 1. The van der Waals surface area contributed by atoms with E-state index in [-0.39, 0.29) is 25.5 Å². The van der Waals surface area contributed by atoms with E-state index in [4.69, 9.17) is 18.6 Å². The number of carboxylic acids is 1. The minimum Gasteiger partial charge on any atom is -0.493 e. The van der Waals surface area contributed by atoms with Crippen molar-refractivity contribution in [1.29, 1.82) is 0 Å². The first-order valence-corrected chi connectivity index (χ1v) is 12.3. The van der Waals surface area contributed by atoms with Gasteiger partial charge in [0.2, 0.25) is 11.8 Å². The molecule has 0 spiro atoms. The topological polar surface area (TPSA) is 109 Å². The smallest absolute Gasteiger partial charge is 0.308 e. The van der Waals surface area contributed by atoms with Crippen LogP contribution in [0.1, 0.15) is 22.6 Å². The molecular formula is C30H27N3O6. The molecule has 0 saturated carbocycles. The number of oxazole rings is 1. The highest BCUT2D eigenvalue weighted by Crippen LogP contribution is 2.31.